The predicted molar refractivity (Wildman–Crippen MR) is 83.8 cm³/mol. The first-order valence-electron chi connectivity index (χ1n) is 7.18. The average Bonchev–Trinajstić information content (AvgIpc) is 2.52. The molecule has 3 N–H and O–H groups in total. The molecule has 0 bridgehead atoms. The lowest BCUT2D eigenvalue weighted by Crippen LogP contribution is -2.46. The molecular formula is C17H18N2O3. The summed E-state index contributed by atoms with van der Waals surface area (Å²) in [6, 6.07) is 15.1. The molecule has 2 aromatic rings. The standard InChI is InChI=1S/C17H18N2O3/c18-13-3-7-16(8-4-13)22-15-5-1-12(2-6-15)9-14-10-21-11-17(20)19-14/h1-8,14H,9-11,18H2,(H,19,20). The van der Waals surface area contributed by atoms with Gasteiger partial charge in [0.05, 0.1) is 12.6 Å². The van der Waals surface area contributed by atoms with Crippen LogP contribution in [0.3, 0.4) is 0 Å². The first kappa shape index (κ1) is 14.4. The molecule has 5 nitrogen and oxygen atoms in total. The Labute approximate surface area is 129 Å². The molecule has 3 rings (SSSR count). The van der Waals surface area contributed by atoms with Crippen LogP contribution < -0.4 is 15.8 Å². The van der Waals surface area contributed by atoms with Crippen molar-refractivity contribution in [3.63, 3.8) is 0 Å². The molecular weight excluding hydrogens is 280 g/mol. The van der Waals surface area contributed by atoms with Crippen LogP contribution in [0, 0.1) is 0 Å². The second kappa shape index (κ2) is 6.49. The highest BCUT2D eigenvalue weighted by Crippen LogP contribution is 2.23. The molecule has 0 radical (unpaired) electrons. The average molecular weight is 298 g/mol. The molecule has 1 amide bonds. The quantitative estimate of drug-likeness (QED) is 0.848. The molecule has 1 fully saturated rings. The Morgan fingerprint density at radius 3 is 2.36 bits per heavy atom. The van der Waals surface area contributed by atoms with E-state index in [0.29, 0.717) is 12.3 Å². The van der Waals surface area contributed by atoms with Gasteiger partial charge in [-0.1, -0.05) is 12.1 Å². The molecule has 5 heteroatoms. The van der Waals surface area contributed by atoms with Crippen LogP contribution in [0.1, 0.15) is 5.56 Å². The lowest BCUT2D eigenvalue weighted by atomic mass is 10.1. The van der Waals surface area contributed by atoms with Crippen LogP contribution in [0.2, 0.25) is 0 Å². The number of ether oxygens (including phenoxy) is 2. The van der Waals surface area contributed by atoms with Crippen molar-refractivity contribution in [3.8, 4) is 11.5 Å². The molecule has 1 heterocycles. The van der Waals surface area contributed by atoms with Crippen molar-refractivity contribution in [2.45, 2.75) is 12.5 Å². The summed E-state index contributed by atoms with van der Waals surface area (Å²) in [7, 11) is 0. The van der Waals surface area contributed by atoms with Crippen molar-refractivity contribution < 1.29 is 14.3 Å². The molecule has 1 aliphatic rings. The number of hydrogen-bond acceptors (Lipinski definition) is 4. The summed E-state index contributed by atoms with van der Waals surface area (Å²) < 4.78 is 11.0. The van der Waals surface area contributed by atoms with E-state index < -0.39 is 0 Å². The fourth-order valence-corrected chi connectivity index (χ4v) is 2.36. The van der Waals surface area contributed by atoms with Crippen LogP contribution in [-0.2, 0) is 16.0 Å². The number of carbonyl (C=O) groups excluding carboxylic acids is 1. The van der Waals surface area contributed by atoms with Gasteiger partial charge in [-0.2, -0.15) is 0 Å². The van der Waals surface area contributed by atoms with Gasteiger partial charge in [-0.15, -0.1) is 0 Å². The van der Waals surface area contributed by atoms with E-state index in [0.717, 1.165) is 23.5 Å². The smallest absolute Gasteiger partial charge is 0.246 e. The number of morpholine rings is 1. The van der Waals surface area contributed by atoms with Gasteiger partial charge in [0, 0.05) is 5.69 Å². The Bertz CT molecular complexity index is 638. The number of benzene rings is 2. The topological polar surface area (TPSA) is 73.6 Å². The van der Waals surface area contributed by atoms with E-state index >= 15 is 0 Å². The summed E-state index contributed by atoms with van der Waals surface area (Å²) in [4.78, 5) is 11.3. The van der Waals surface area contributed by atoms with E-state index in [9.17, 15) is 4.79 Å². The van der Waals surface area contributed by atoms with Crippen molar-refractivity contribution in [2.75, 3.05) is 18.9 Å². The van der Waals surface area contributed by atoms with Crippen molar-refractivity contribution in [1.29, 1.82) is 0 Å². The SMILES string of the molecule is Nc1ccc(Oc2ccc(CC3COCC(=O)N3)cc2)cc1. The van der Waals surface area contributed by atoms with Crippen LogP contribution in [0.4, 0.5) is 5.69 Å². The summed E-state index contributed by atoms with van der Waals surface area (Å²) >= 11 is 0. The maximum Gasteiger partial charge on any atom is 0.246 e. The summed E-state index contributed by atoms with van der Waals surface area (Å²) in [6.45, 7) is 0.709. The van der Waals surface area contributed by atoms with E-state index in [2.05, 4.69) is 5.32 Å². The maximum absolute atomic E-state index is 11.3. The molecule has 1 unspecified atom stereocenters. The molecule has 0 saturated carbocycles. The van der Waals surface area contributed by atoms with Crippen LogP contribution in [0.5, 0.6) is 11.5 Å². The molecule has 0 aliphatic carbocycles. The normalized spacial score (nSPS) is 17.8. The highest BCUT2D eigenvalue weighted by Gasteiger charge is 2.18. The van der Waals surface area contributed by atoms with E-state index in [1.165, 1.54) is 0 Å². The number of hydrogen-bond donors (Lipinski definition) is 2. The Balaban J connectivity index is 1.60. The van der Waals surface area contributed by atoms with E-state index in [1.807, 2.05) is 36.4 Å². The molecule has 0 spiro atoms. The lowest BCUT2D eigenvalue weighted by Gasteiger charge is -2.23. The number of amides is 1. The minimum atomic E-state index is -0.0560. The Hall–Kier alpha value is -2.53. The van der Waals surface area contributed by atoms with Gasteiger partial charge in [0.25, 0.3) is 0 Å². The molecule has 22 heavy (non-hydrogen) atoms. The van der Waals surface area contributed by atoms with E-state index in [-0.39, 0.29) is 18.6 Å². The highest BCUT2D eigenvalue weighted by molar-refractivity contribution is 5.78. The molecule has 1 saturated heterocycles. The van der Waals surface area contributed by atoms with Gasteiger partial charge in [0.1, 0.15) is 18.1 Å². The van der Waals surface area contributed by atoms with Crippen molar-refractivity contribution >= 4 is 11.6 Å². The van der Waals surface area contributed by atoms with Gasteiger partial charge in [-0.25, -0.2) is 0 Å². The molecule has 1 aliphatic heterocycles. The summed E-state index contributed by atoms with van der Waals surface area (Å²) in [6.07, 6.45) is 0.744. The monoisotopic (exact) mass is 298 g/mol. The Morgan fingerprint density at radius 2 is 1.73 bits per heavy atom. The van der Waals surface area contributed by atoms with Crippen molar-refractivity contribution in [3.05, 3.63) is 54.1 Å². The molecule has 2 aromatic carbocycles. The third-order valence-electron chi connectivity index (χ3n) is 3.44. The van der Waals surface area contributed by atoms with Gasteiger partial charge in [0.2, 0.25) is 5.91 Å². The highest BCUT2D eigenvalue weighted by atomic mass is 16.5. The second-order valence-corrected chi connectivity index (χ2v) is 5.30. The van der Waals surface area contributed by atoms with Gasteiger partial charge >= 0.3 is 0 Å². The third kappa shape index (κ3) is 3.77. The minimum Gasteiger partial charge on any atom is -0.457 e. The lowest BCUT2D eigenvalue weighted by molar-refractivity contribution is -0.131. The Kier molecular flexibility index (Phi) is 4.25. The molecule has 1 atom stereocenters. The fourth-order valence-electron chi connectivity index (χ4n) is 2.36. The number of nitrogens with one attached hydrogen (secondary N) is 1. The Morgan fingerprint density at radius 1 is 1.09 bits per heavy atom. The van der Waals surface area contributed by atoms with Crippen molar-refractivity contribution in [2.24, 2.45) is 0 Å². The zero-order chi connectivity index (χ0) is 15.4. The van der Waals surface area contributed by atoms with Gasteiger partial charge in [0.15, 0.2) is 0 Å². The third-order valence-corrected chi connectivity index (χ3v) is 3.44. The minimum absolute atomic E-state index is 0.0325. The first-order valence-corrected chi connectivity index (χ1v) is 7.18. The fraction of sp³-hybridized carbons (Fsp3) is 0.235. The first-order chi connectivity index (χ1) is 10.7. The summed E-state index contributed by atoms with van der Waals surface area (Å²) in [5, 5.41) is 2.92. The summed E-state index contributed by atoms with van der Waals surface area (Å²) in [5.74, 6) is 1.45. The number of anilines is 1. The predicted octanol–water partition coefficient (Wildman–Crippen LogP) is 2.12. The zero-order valence-electron chi connectivity index (χ0n) is 12.1. The number of nitrogen functional groups attached to an aromatic ring is 1. The number of carbonyl (C=O) groups is 1. The van der Waals surface area contributed by atoms with E-state index in [4.69, 9.17) is 15.2 Å². The van der Waals surface area contributed by atoms with Crippen molar-refractivity contribution in [1.82, 2.24) is 5.32 Å². The van der Waals surface area contributed by atoms with Crippen LogP contribution >= 0.6 is 0 Å². The van der Waals surface area contributed by atoms with Gasteiger partial charge in [-0.3, -0.25) is 4.79 Å². The van der Waals surface area contributed by atoms with Crippen LogP contribution in [0.15, 0.2) is 48.5 Å². The molecule has 114 valence electrons. The van der Waals surface area contributed by atoms with Gasteiger partial charge in [-0.05, 0) is 48.4 Å². The zero-order valence-corrected chi connectivity index (χ0v) is 12.1. The number of nitrogens with two attached hydrogens (primary N) is 1. The number of rotatable bonds is 4. The largest absolute Gasteiger partial charge is 0.457 e. The molecule has 0 aromatic heterocycles. The summed E-state index contributed by atoms with van der Waals surface area (Å²) in [5.41, 5.74) is 7.48. The maximum atomic E-state index is 11.3. The second-order valence-electron chi connectivity index (χ2n) is 5.30. The van der Waals surface area contributed by atoms with E-state index in [1.54, 1.807) is 12.1 Å². The van der Waals surface area contributed by atoms with Crippen LogP contribution in [-0.4, -0.2) is 25.2 Å². The van der Waals surface area contributed by atoms with Gasteiger partial charge < -0.3 is 20.5 Å². The van der Waals surface area contributed by atoms with Crippen LogP contribution in [0.25, 0.3) is 0 Å².